The van der Waals surface area contributed by atoms with Crippen molar-refractivity contribution in [1.29, 1.82) is 0 Å². The number of ether oxygens (including phenoxy) is 2. The van der Waals surface area contributed by atoms with Crippen LogP contribution in [0.15, 0.2) is 88.1 Å². The maximum atomic E-state index is 12.3. The van der Waals surface area contributed by atoms with Crippen molar-refractivity contribution >= 4 is 11.7 Å². The first-order chi connectivity index (χ1) is 19.2. The predicted octanol–water partition coefficient (Wildman–Crippen LogP) is 8.51. The van der Waals surface area contributed by atoms with Crippen molar-refractivity contribution in [3.63, 3.8) is 0 Å². The fourth-order valence-electron chi connectivity index (χ4n) is 6.75. The van der Waals surface area contributed by atoms with E-state index < -0.39 is 0 Å². The maximum absolute atomic E-state index is 12.3. The highest BCUT2D eigenvalue weighted by Crippen LogP contribution is 2.45. The van der Waals surface area contributed by atoms with Gasteiger partial charge in [0.1, 0.15) is 11.6 Å². The summed E-state index contributed by atoms with van der Waals surface area (Å²) in [4.78, 5) is 17.3. The number of carbonyl (C=O) groups excluding carboxylic acids is 1. The Balaban J connectivity index is 0.00000462. The number of aliphatic imine (C=N–C) groups is 1. The molecule has 0 radical (unpaired) electrons. The van der Waals surface area contributed by atoms with E-state index in [-0.39, 0.29) is 24.6 Å². The molecule has 0 bridgehead atoms. The quantitative estimate of drug-likeness (QED) is 0.220. The Labute approximate surface area is 243 Å². The number of hydrogen-bond acceptors (Lipinski definition) is 5. The van der Waals surface area contributed by atoms with Gasteiger partial charge >= 0.3 is 5.97 Å². The second-order valence-electron chi connectivity index (χ2n) is 12.4. The van der Waals surface area contributed by atoms with Crippen LogP contribution in [0, 0.1) is 23.2 Å². The van der Waals surface area contributed by atoms with Gasteiger partial charge < -0.3 is 14.8 Å². The monoisotopic (exact) mass is 546 g/mol. The molecular weight excluding hydrogens is 496 g/mol. The van der Waals surface area contributed by atoms with Crippen LogP contribution in [0.1, 0.15) is 86.9 Å². The molecular formula is C35H50N2O3. The predicted molar refractivity (Wildman–Crippen MR) is 166 cm³/mol. The van der Waals surface area contributed by atoms with Crippen LogP contribution >= 0.6 is 0 Å². The zero-order valence-corrected chi connectivity index (χ0v) is 25.3. The minimum atomic E-state index is -0.186. The zero-order valence-electron chi connectivity index (χ0n) is 25.3. The molecule has 40 heavy (non-hydrogen) atoms. The fourth-order valence-corrected chi connectivity index (χ4v) is 6.75. The molecule has 0 heterocycles. The van der Waals surface area contributed by atoms with E-state index >= 15 is 0 Å². The third kappa shape index (κ3) is 6.62. The molecule has 0 aromatic carbocycles. The van der Waals surface area contributed by atoms with Crippen LogP contribution in [0.2, 0.25) is 0 Å². The van der Waals surface area contributed by atoms with Crippen LogP contribution < -0.4 is 5.32 Å². The molecule has 5 heteroatoms. The summed E-state index contributed by atoms with van der Waals surface area (Å²) in [7, 11) is 1.48. The SMILES string of the molecule is C=C/C(=N\C(=C/C)NC1=C(C2=CC=C(OC[C@H]3CCCC[C@@H]3C(=O)OC)C(C)(C)C2)C(=C)C=C1C)C1CCCC1.[HH]. The van der Waals surface area contributed by atoms with Crippen LogP contribution in [0.3, 0.4) is 0 Å². The molecule has 4 aliphatic carbocycles. The molecule has 4 aliphatic rings. The number of methoxy groups -OCH3 is 1. The highest BCUT2D eigenvalue weighted by Gasteiger charge is 2.36. The number of esters is 1. The van der Waals surface area contributed by atoms with Crippen LogP contribution in [0.5, 0.6) is 0 Å². The standard InChI is InChI=1S/C35H48N2O3.H2/c1-8-29(25-14-10-11-15-25)36-31(9-2)37-33-24(4)20-23(3)32(33)26-18-19-30(35(5,6)21-26)40-22-27-16-12-13-17-28(27)34(38)39-7;/h8-9,18-20,25,27-28,37H,1,3,10-17,21-22H2,2,4-7H3;1H/b31-9+,36-29+;/t27-,28+;/m1./s1. The molecule has 0 spiro atoms. The molecule has 5 nitrogen and oxygen atoms in total. The van der Waals surface area contributed by atoms with E-state index in [0.29, 0.717) is 12.5 Å². The average molecular weight is 547 g/mol. The van der Waals surface area contributed by atoms with Crippen LogP contribution in [-0.2, 0) is 14.3 Å². The van der Waals surface area contributed by atoms with E-state index in [9.17, 15) is 4.79 Å². The van der Waals surface area contributed by atoms with Gasteiger partial charge in [0.05, 0.1) is 25.3 Å². The lowest BCUT2D eigenvalue weighted by Gasteiger charge is -2.35. The summed E-state index contributed by atoms with van der Waals surface area (Å²) >= 11 is 0. The largest absolute Gasteiger partial charge is 0.497 e. The van der Waals surface area contributed by atoms with E-state index in [4.69, 9.17) is 14.5 Å². The van der Waals surface area contributed by atoms with Crippen molar-refractivity contribution in [1.82, 2.24) is 5.32 Å². The van der Waals surface area contributed by atoms with Gasteiger partial charge in [0.15, 0.2) is 0 Å². The molecule has 1 N–H and O–H groups in total. The molecule has 2 saturated carbocycles. The van der Waals surface area contributed by atoms with Crippen molar-refractivity contribution in [3.8, 4) is 0 Å². The van der Waals surface area contributed by atoms with Crippen molar-refractivity contribution in [3.05, 3.63) is 83.1 Å². The molecule has 0 amide bonds. The summed E-state index contributed by atoms with van der Waals surface area (Å²) in [5.74, 6) is 2.35. The van der Waals surface area contributed by atoms with Gasteiger partial charge in [0, 0.05) is 30.0 Å². The highest BCUT2D eigenvalue weighted by atomic mass is 16.5. The summed E-state index contributed by atoms with van der Waals surface area (Å²) in [6.07, 6.45) is 20.3. The van der Waals surface area contributed by atoms with E-state index in [2.05, 4.69) is 57.5 Å². The smallest absolute Gasteiger partial charge is 0.309 e. The highest BCUT2D eigenvalue weighted by molar-refractivity contribution is 5.97. The molecule has 0 aromatic rings. The van der Waals surface area contributed by atoms with E-state index in [1.807, 2.05) is 19.1 Å². The Morgan fingerprint density at radius 3 is 2.52 bits per heavy atom. The lowest BCUT2D eigenvalue weighted by molar-refractivity contribution is -0.149. The number of carbonyl (C=O) groups is 1. The Bertz CT molecular complexity index is 1210. The number of hydrogen-bond donors (Lipinski definition) is 1. The van der Waals surface area contributed by atoms with Crippen LogP contribution in [0.25, 0.3) is 0 Å². The molecule has 4 rings (SSSR count). The summed E-state index contributed by atoms with van der Waals surface area (Å²) in [6, 6.07) is 0. The van der Waals surface area contributed by atoms with Crippen LogP contribution in [0.4, 0.5) is 0 Å². The first-order valence-corrected chi connectivity index (χ1v) is 15.1. The fraction of sp³-hybridized carbons (Fsp3) is 0.543. The third-order valence-corrected chi connectivity index (χ3v) is 9.04. The first kappa shape index (κ1) is 29.9. The summed E-state index contributed by atoms with van der Waals surface area (Å²) in [5, 5.41) is 3.65. The molecule has 0 unspecified atom stereocenters. The van der Waals surface area contributed by atoms with Crippen LogP contribution in [-0.4, -0.2) is 25.4 Å². The number of nitrogens with one attached hydrogen (secondary N) is 1. The normalized spacial score (nSPS) is 25.8. The van der Waals surface area contributed by atoms with E-state index in [1.54, 1.807) is 0 Å². The topological polar surface area (TPSA) is 59.9 Å². The summed E-state index contributed by atoms with van der Waals surface area (Å²) in [5.41, 5.74) is 6.52. The number of allylic oxidation sites excluding steroid dienone is 10. The first-order valence-electron chi connectivity index (χ1n) is 15.1. The van der Waals surface area contributed by atoms with Crippen molar-refractivity contribution < 1.29 is 15.7 Å². The average Bonchev–Trinajstić information content (AvgIpc) is 3.57. The lowest BCUT2D eigenvalue weighted by Crippen LogP contribution is -2.32. The molecule has 0 aliphatic heterocycles. The number of rotatable bonds is 10. The minimum absolute atomic E-state index is 0. The van der Waals surface area contributed by atoms with Gasteiger partial charge in [-0.2, -0.15) is 0 Å². The Kier molecular flexibility index (Phi) is 9.76. The summed E-state index contributed by atoms with van der Waals surface area (Å²) in [6.45, 7) is 17.6. The Hall–Kier alpha value is -3.08. The molecule has 2 fully saturated rings. The molecule has 0 saturated heterocycles. The van der Waals surface area contributed by atoms with Gasteiger partial charge in [-0.15, -0.1) is 0 Å². The van der Waals surface area contributed by atoms with Gasteiger partial charge in [0.2, 0.25) is 0 Å². The van der Waals surface area contributed by atoms with Gasteiger partial charge in [-0.3, -0.25) is 4.79 Å². The van der Waals surface area contributed by atoms with Gasteiger partial charge in [-0.1, -0.05) is 58.8 Å². The van der Waals surface area contributed by atoms with Crippen molar-refractivity contribution in [2.45, 2.75) is 85.5 Å². The van der Waals surface area contributed by atoms with Crippen molar-refractivity contribution in [2.24, 2.45) is 28.2 Å². The van der Waals surface area contributed by atoms with Gasteiger partial charge in [-0.05, 0) is 87.0 Å². The van der Waals surface area contributed by atoms with Crippen molar-refractivity contribution in [2.75, 3.05) is 13.7 Å². The second-order valence-corrected chi connectivity index (χ2v) is 12.4. The minimum Gasteiger partial charge on any atom is -0.497 e. The van der Waals surface area contributed by atoms with Gasteiger partial charge in [-0.25, -0.2) is 4.99 Å². The molecule has 218 valence electrons. The molecule has 2 atom stereocenters. The van der Waals surface area contributed by atoms with Gasteiger partial charge in [0.25, 0.3) is 0 Å². The zero-order chi connectivity index (χ0) is 28.9. The second kappa shape index (κ2) is 13.1. The number of nitrogens with zero attached hydrogens (tertiary/aromatic N) is 1. The van der Waals surface area contributed by atoms with E-state index in [0.717, 1.165) is 71.8 Å². The third-order valence-electron chi connectivity index (χ3n) is 9.04. The molecule has 0 aromatic heterocycles. The Morgan fingerprint density at radius 2 is 1.88 bits per heavy atom. The lowest BCUT2D eigenvalue weighted by atomic mass is 9.76. The Morgan fingerprint density at radius 1 is 1.18 bits per heavy atom. The maximum Gasteiger partial charge on any atom is 0.309 e. The van der Waals surface area contributed by atoms with E-state index in [1.165, 1.54) is 38.4 Å². The summed E-state index contributed by atoms with van der Waals surface area (Å²) < 4.78 is 11.5.